The Kier molecular flexibility index (Phi) is 9.50. The summed E-state index contributed by atoms with van der Waals surface area (Å²) < 4.78 is 232. The van der Waals surface area contributed by atoms with Crippen LogP contribution in [0.4, 0.5) is 74.6 Å². The van der Waals surface area contributed by atoms with Crippen molar-refractivity contribution in [3.8, 4) is 5.75 Å². The van der Waals surface area contributed by atoms with E-state index in [1.165, 1.54) is 0 Å². The summed E-state index contributed by atoms with van der Waals surface area (Å²) in [7, 11) is 0. The molecule has 0 amide bonds. The van der Waals surface area contributed by atoms with Gasteiger partial charge in [-0.1, -0.05) is 31.5 Å². The molecule has 0 saturated carbocycles. The molecule has 0 saturated heterocycles. The maximum absolute atomic E-state index is 14.2. The van der Waals surface area contributed by atoms with E-state index in [0.29, 0.717) is 18.9 Å². The van der Waals surface area contributed by atoms with Gasteiger partial charge in [0.2, 0.25) is 0 Å². The van der Waals surface area contributed by atoms with Crippen LogP contribution >= 0.6 is 0 Å². The van der Waals surface area contributed by atoms with Crippen LogP contribution in [-0.4, -0.2) is 59.3 Å². The Bertz CT molecular complexity index is 971. The molecule has 0 radical (unpaired) electrons. The van der Waals surface area contributed by atoms with Crippen LogP contribution < -0.4 is 4.74 Å². The third kappa shape index (κ3) is 5.55. The molecule has 1 aromatic rings. The summed E-state index contributed by atoms with van der Waals surface area (Å²) >= 11 is 0. The molecule has 0 aliphatic heterocycles. The van der Waals surface area contributed by atoms with Crippen molar-refractivity contribution >= 4 is 0 Å². The van der Waals surface area contributed by atoms with Crippen molar-refractivity contribution in [1.82, 2.24) is 0 Å². The first-order valence-corrected chi connectivity index (χ1v) is 10.3. The SMILES string of the molecule is CCCCOc1ccccc1C(O)CC(F)(F)C(F)(F)C(F)(F)C(F)(F)C(F)(F)C(F)(F)C(F)(F)C(F)(F)F. The lowest BCUT2D eigenvalue weighted by Gasteiger charge is -2.43. The Morgan fingerprint density at radius 3 is 1.49 bits per heavy atom. The van der Waals surface area contributed by atoms with Gasteiger partial charge in [0.05, 0.1) is 12.7 Å². The molecule has 2 nitrogen and oxygen atoms in total. The van der Waals surface area contributed by atoms with E-state index in [9.17, 15) is 79.7 Å². The number of rotatable bonds is 13. The average Bonchev–Trinajstić information content (AvgIpc) is 2.77. The van der Waals surface area contributed by atoms with Gasteiger partial charge >= 0.3 is 47.6 Å². The predicted molar refractivity (Wildman–Crippen MR) is 97.1 cm³/mol. The second kappa shape index (κ2) is 10.6. The second-order valence-corrected chi connectivity index (χ2v) is 8.11. The van der Waals surface area contributed by atoms with Gasteiger partial charge in [0.15, 0.2) is 0 Å². The largest absolute Gasteiger partial charge is 0.493 e. The molecule has 0 spiro atoms. The Morgan fingerprint density at radius 1 is 0.641 bits per heavy atom. The maximum Gasteiger partial charge on any atom is 0.460 e. The van der Waals surface area contributed by atoms with Gasteiger partial charge in [-0.2, -0.15) is 74.6 Å². The molecule has 19 heteroatoms. The lowest BCUT2D eigenvalue weighted by Crippen LogP contribution is -2.74. The quantitative estimate of drug-likeness (QED) is 0.180. The fourth-order valence-corrected chi connectivity index (χ4v) is 2.89. The first-order chi connectivity index (χ1) is 17.2. The lowest BCUT2D eigenvalue weighted by molar-refractivity contribution is -0.462. The van der Waals surface area contributed by atoms with E-state index in [1.54, 1.807) is 6.92 Å². The molecule has 0 aromatic heterocycles. The molecule has 0 heterocycles. The predicted octanol–water partition coefficient (Wildman–Crippen LogP) is 8.30. The molecule has 1 N–H and O–H groups in total. The monoisotopic (exact) mass is 612 g/mol. The molecule has 1 atom stereocenters. The summed E-state index contributed by atoms with van der Waals surface area (Å²) in [6, 6.07) is 3.78. The summed E-state index contributed by atoms with van der Waals surface area (Å²) in [4.78, 5) is 0. The highest BCUT2D eigenvalue weighted by molar-refractivity contribution is 5.35. The van der Waals surface area contributed by atoms with Gasteiger partial charge in [-0.15, -0.1) is 0 Å². The number of hydrogen-bond donors (Lipinski definition) is 1. The number of ether oxygens (including phenoxy) is 1. The van der Waals surface area contributed by atoms with E-state index in [-0.39, 0.29) is 6.61 Å². The van der Waals surface area contributed by atoms with Crippen molar-refractivity contribution in [2.24, 2.45) is 0 Å². The second-order valence-electron chi connectivity index (χ2n) is 8.11. The highest BCUT2D eigenvalue weighted by Crippen LogP contribution is 2.64. The Hall–Kier alpha value is -2.21. The van der Waals surface area contributed by atoms with Gasteiger partial charge in [-0.3, -0.25) is 0 Å². The molecule has 0 bridgehead atoms. The minimum atomic E-state index is -8.69. The summed E-state index contributed by atoms with van der Waals surface area (Å²) in [5, 5.41) is 9.89. The summed E-state index contributed by atoms with van der Waals surface area (Å²) in [5.41, 5.74) is -0.833. The number of hydrogen-bond acceptors (Lipinski definition) is 2. The Balaban J connectivity index is 3.50. The number of para-hydroxylation sites is 1. The molecule has 228 valence electrons. The van der Waals surface area contributed by atoms with Crippen LogP contribution in [0.25, 0.3) is 0 Å². The third-order valence-corrected chi connectivity index (χ3v) is 5.27. The van der Waals surface area contributed by atoms with Gasteiger partial charge in [0, 0.05) is 12.0 Å². The molecule has 1 rings (SSSR count). The Labute approximate surface area is 207 Å². The van der Waals surface area contributed by atoms with Crippen molar-refractivity contribution in [1.29, 1.82) is 0 Å². The summed E-state index contributed by atoms with van der Waals surface area (Å²) in [6.07, 6.45) is -13.0. The topological polar surface area (TPSA) is 29.5 Å². The number of aliphatic hydroxyl groups is 1. The van der Waals surface area contributed by atoms with Crippen LogP contribution in [0.3, 0.4) is 0 Å². The minimum absolute atomic E-state index is 0.164. The zero-order valence-electron chi connectivity index (χ0n) is 19.0. The van der Waals surface area contributed by atoms with E-state index in [1.807, 2.05) is 0 Å². The van der Waals surface area contributed by atoms with Gasteiger partial charge in [-0.05, 0) is 12.5 Å². The Morgan fingerprint density at radius 2 is 1.05 bits per heavy atom. The fraction of sp³-hybridized carbons (Fsp3) is 0.700. The average molecular weight is 612 g/mol. The van der Waals surface area contributed by atoms with Crippen LogP contribution in [0.2, 0.25) is 0 Å². The normalized spacial score (nSPS) is 15.9. The van der Waals surface area contributed by atoms with Crippen LogP contribution in [0.1, 0.15) is 37.9 Å². The van der Waals surface area contributed by atoms with Gasteiger partial charge < -0.3 is 9.84 Å². The first-order valence-electron chi connectivity index (χ1n) is 10.3. The zero-order valence-corrected chi connectivity index (χ0v) is 19.0. The molecule has 0 fully saturated rings. The molecule has 0 aliphatic carbocycles. The first kappa shape index (κ1) is 34.8. The summed E-state index contributed by atoms with van der Waals surface area (Å²) in [5.74, 6) is -57.6. The molecule has 1 aromatic carbocycles. The highest BCUT2D eigenvalue weighted by Gasteiger charge is 2.95. The van der Waals surface area contributed by atoms with Crippen molar-refractivity contribution in [3.63, 3.8) is 0 Å². The van der Waals surface area contributed by atoms with E-state index in [0.717, 1.165) is 18.2 Å². The van der Waals surface area contributed by atoms with Gasteiger partial charge in [0.1, 0.15) is 5.75 Å². The van der Waals surface area contributed by atoms with E-state index in [2.05, 4.69) is 0 Å². The van der Waals surface area contributed by atoms with Crippen LogP contribution in [-0.2, 0) is 0 Å². The molecule has 0 aliphatic rings. The van der Waals surface area contributed by atoms with Crippen molar-refractivity contribution in [2.45, 2.75) is 79.9 Å². The lowest BCUT2D eigenvalue weighted by atomic mass is 9.87. The smallest absolute Gasteiger partial charge is 0.460 e. The number of aliphatic hydroxyl groups excluding tert-OH is 1. The van der Waals surface area contributed by atoms with Crippen LogP contribution in [0.5, 0.6) is 5.75 Å². The number of halogens is 17. The fourth-order valence-electron chi connectivity index (χ4n) is 2.89. The number of benzene rings is 1. The van der Waals surface area contributed by atoms with E-state index in [4.69, 9.17) is 4.74 Å². The van der Waals surface area contributed by atoms with Gasteiger partial charge in [-0.25, -0.2) is 0 Å². The molecular weight excluding hydrogens is 595 g/mol. The molecular formula is C20H17F17O2. The standard InChI is InChI=1S/C20H17F17O2/c1-2-3-8-39-12-7-5-4-6-10(12)11(38)9-13(21,22)14(23,24)15(25,26)16(27,28)17(29,30)18(31,32)19(33,34)20(35,36)37/h4-7,11,38H,2-3,8-9H2,1H3. The third-order valence-electron chi connectivity index (χ3n) is 5.27. The van der Waals surface area contributed by atoms with Crippen molar-refractivity contribution in [3.05, 3.63) is 29.8 Å². The van der Waals surface area contributed by atoms with Crippen LogP contribution in [0, 0.1) is 0 Å². The van der Waals surface area contributed by atoms with Crippen molar-refractivity contribution < 1.29 is 84.5 Å². The summed E-state index contributed by atoms with van der Waals surface area (Å²) in [6.45, 7) is 1.50. The van der Waals surface area contributed by atoms with E-state index < -0.39 is 71.5 Å². The highest BCUT2D eigenvalue weighted by atomic mass is 19.4. The molecule has 39 heavy (non-hydrogen) atoms. The van der Waals surface area contributed by atoms with Gasteiger partial charge in [0.25, 0.3) is 0 Å². The number of unbranched alkanes of at least 4 members (excludes halogenated alkanes) is 1. The number of alkyl halides is 17. The molecule has 1 unspecified atom stereocenters. The van der Waals surface area contributed by atoms with Crippen LogP contribution in [0.15, 0.2) is 24.3 Å². The minimum Gasteiger partial charge on any atom is -0.493 e. The maximum atomic E-state index is 14.2. The van der Waals surface area contributed by atoms with Crippen molar-refractivity contribution in [2.75, 3.05) is 6.61 Å². The zero-order chi connectivity index (χ0) is 31.1. The van der Waals surface area contributed by atoms with E-state index >= 15 is 0 Å².